The largest absolute Gasteiger partial charge is 0.349 e. The average molecular weight is 396 g/mol. The van der Waals surface area contributed by atoms with Crippen LogP contribution in [0.5, 0.6) is 0 Å². The number of anilines is 2. The lowest BCUT2D eigenvalue weighted by Crippen LogP contribution is -2.32. The van der Waals surface area contributed by atoms with Crippen LogP contribution in [0.2, 0.25) is 10.0 Å². The van der Waals surface area contributed by atoms with E-state index in [1.807, 2.05) is 32.0 Å². The molecule has 25 heavy (non-hydrogen) atoms. The first-order chi connectivity index (χ1) is 11.8. The molecule has 2 amide bonds. The molecule has 0 fully saturated rings. The maximum atomic E-state index is 12.8. The standard InChI is InChI=1S/C18H13Cl3N2O2/c1-9-3-6-13(10(2)7-9)22-16-15(21)17(24)23(18(16)25)14-8-11(19)4-5-12(14)20/h3-8,22H,1-2H3. The molecule has 1 heterocycles. The lowest BCUT2D eigenvalue weighted by atomic mass is 10.1. The molecule has 0 unspecified atom stereocenters. The van der Waals surface area contributed by atoms with E-state index in [1.165, 1.54) is 12.1 Å². The third kappa shape index (κ3) is 3.25. The number of halogens is 3. The molecule has 0 bridgehead atoms. The van der Waals surface area contributed by atoms with Gasteiger partial charge in [0.2, 0.25) is 0 Å². The van der Waals surface area contributed by atoms with Crippen molar-refractivity contribution in [2.24, 2.45) is 0 Å². The Morgan fingerprint density at radius 1 is 0.920 bits per heavy atom. The van der Waals surface area contributed by atoms with Gasteiger partial charge in [-0.3, -0.25) is 9.59 Å². The number of hydrogen-bond donors (Lipinski definition) is 1. The van der Waals surface area contributed by atoms with E-state index in [9.17, 15) is 9.59 Å². The molecule has 1 N–H and O–H groups in total. The van der Waals surface area contributed by atoms with E-state index in [2.05, 4.69) is 5.32 Å². The number of benzene rings is 2. The van der Waals surface area contributed by atoms with Crippen LogP contribution in [0.3, 0.4) is 0 Å². The zero-order valence-corrected chi connectivity index (χ0v) is 15.6. The van der Waals surface area contributed by atoms with Gasteiger partial charge in [-0.25, -0.2) is 4.90 Å². The van der Waals surface area contributed by atoms with Gasteiger partial charge in [-0.05, 0) is 43.7 Å². The number of amides is 2. The number of nitrogens with one attached hydrogen (secondary N) is 1. The van der Waals surface area contributed by atoms with Crippen molar-refractivity contribution in [1.29, 1.82) is 0 Å². The van der Waals surface area contributed by atoms with Gasteiger partial charge in [0.25, 0.3) is 11.8 Å². The predicted molar refractivity (Wildman–Crippen MR) is 101 cm³/mol. The fraction of sp³-hybridized carbons (Fsp3) is 0.111. The summed E-state index contributed by atoms with van der Waals surface area (Å²) in [6.45, 7) is 3.87. The van der Waals surface area contributed by atoms with Crippen LogP contribution >= 0.6 is 34.8 Å². The van der Waals surface area contributed by atoms with E-state index >= 15 is 0 Å². The normalized spacial score (nSPS) is 14.5. The fourth-order valence-corrected chi connectivity index (χ4v) is 3.16. The minimum Gasteiger partial charge on any atom is -0.349 e. The Labute approximate surface area is 160 Å². The third-order valence-electron chi connectivity index (χ3n) is 3.82. The number of carbonyl (C=O) groups excluding carboxylic acids is 2. The van der Waals surface area contributed by atoms with Crippen LogP contribution in [0, 0.1) is 13.8 Å². The Bertz CT molecular complexity index is 938. The molecule has 0 atom stereocenters. The molecular formula is C18H13Cl3N2O2. The van der Waals surface area contributed by atoms with Gasteiger partial charge in [-0.2, -0.15) is 0 Å². The maximum Gasteiger partial charge on any atom is 0.283 e. The van der Waals surface area contributed by atoms with Gasteiger partial charge in [-0.15, -0.1) is 0 Å². The third-order valence-corrected chi connectivity index (χ3v) is 4.72. The molecule has 128 valence electrons. The zero-order valence-electron chi connectivity index (χ0n) is 13.4. The number of aryl methyl sites for hydroxylation is 2. The number of carbonyl (C=O) groups is 2. The first kappa shape index (κ1) is 17.8. The first-order valence-corrected chi connectivity index (χ1v) is 8.51. The van der Waals surface area contributed by atoms with E-state index in [1.54, 1.807) is 6.07 Å². The first-order valence-electron chi connectivity index (χ1n) is 7.37. The summed E-state index contributed by atoms with van der Waals surface area (Å²) < 4.78 is 0. The predicted octanol–water partition coefficient (Wildman–Crippen LogP) is 5.05. The van der Waals surface area contributed by atoms with Crippen molar-refractivity contribution in [3.63, 3.8) is 0 Å². The Morgan fingerprint density at radius 3 is 2.32 bits per heavy atom. The van der Waals surface area contributed by atoms with Gasteiger partial charge < -0.3 is 5.32 Å². The molecule has 2 aromatic carbocycles. The topological polar surface area (TPSA) is 49.4 Å². The molecule has 0 radical (unpaired) electrons. The quantitative estimate of drug-likeness (QED) is 0.740. The van der Waals surface area contributed by atoms with Crippen LogP contribution < -0.4 is 10.2 Å². The van der Waals surface area contributed by atoms with E-state index in [0.717, 1.165) is 16.0 Å². The summed E-state index contributed by atoms with van der Waals surface area (Å²) in [6, 6.07) is 10.2. The zero-order chi connectivity index (χ0) is 18.3. The van der Waals surface area contributed by atoms with Gasteiger partial charge in [0, 0.05) is 10.7 Å². The van der Waals surface area contributed by atoms with E-state index < -0.39 is 11.8 Å². The minimum absolute atomic E-state index is 0.00895. The van der Waals surface area contributed by atoms with Gasteiger partial charge in [-0.1, -0.05) is 52.5 Å². The average Bonchev–Trinajstić information content (AvgIpc) is 2.76. The molecule has 3 rings (SSSR count). The van der Waals surface area contributed by atoms with Crippen LogP contribution in [0.15, 0.2) is 47.1 Å². The van der Waals surface area contributed by atoms with Crippen molar-refractivity contribution in [2.75, 3.05) is 10.2 Å². The van der Waals surface area contributed by atoms with Crippen LogP contribution in [0.25, 0.3) is 0 Å². The summed E-state index contributed by atoms with van der Waals surface area (Å²) in [4.78, 5) is 26.2. The highest BCUT2D eigenvalue weighted by atomic mass is 35.5. The van der Waals surface area contributed by atoms with Crippen molar-refractivity contribution in [1.82, 2.24) is 0 Å². The molecule has 0 aromatic heterocycles. The lowest BCUT2D eigenvalue weighted by molar-refractivity contribution is -0.120. The molecule has 0 saturated heterocycles. The van der Waals surface area contributed by atoms with Crippen LogP contribution in [0.1, 0.15) is 11.1 Å². The van der Waals surface area contributed by atoms with E-state index in [-0.39, 0.29) is 21.4 Å². The Hall–Kier alpha value is -2.01. The van der Waals surface area contributed by atoms with Gasteiger partial charge in [0.05, 0.1) is 10.7 Å². The highest BCUT2D eigenvalue weighted by Gasteiger charge is 2.40. The van der Waals surface area contributed by atoms with Crippen LogP contribution in [0.4, 0.5) is 11.4 Å². The molecular weight excluding hydrogens is 383 g/mol. The SMILES string of the molecule is Cc1ccc(NC2=C(Cl)C(=O)N(c3cc(Cl)ccc3Cl)C2=O)c(C)c1. The molecule has 2 aromatic rings. The van der Waals surface area contributed by atoms with Gasteiger partial charge >= 0.3 is 0 Å². The molecule has 0 spiro atoms. The number of rotatable bonds is 3. The Kier molecular flexibility index (Phi) is 4.78. The smallest absolute Gasteiger partial charge is 0.283 e. The monoisotopic (exact) mass is 394 g/mol. The van der Waals surface area contributed by atoms with Crippen molar-refractivity contribution in [3.8, 4) is 0 Å². The maximum absolute atomic E-state index is 12.8. The molecule has 1 aliphatic heterocycles. The summed E-state index contributed by atoms with van der Waals surface area (Å²) in [5.41, 5.74) is 2.91. The van der Waals surface area contributed by atoms with Crippen LogP contribution in [-0.2, 0) is 9.59 Å². The Balaban J connectivity index is 1.98. The molecule has 4 nitrogen and oxygen atoms in total. The lowest BCUT2D eigenvalue weighted by Gasteiger charge is -2.17. The summed E-state index contributed by atoms with van der Waals surface area (Å²) in [7, 11) is 0. The van der Waals surface area contributed by atoms with E-state index in [0.29, 0.717) is 10.7 Å². The number of nitrogens with zero attached hydrogens (tertiary/aromatic N) is 1. The second-order valence-corrected chi connectivity index (χ2v) is 6.90. The van der Waals surface area contributed by atoms with E-state index in [4.69, 9.17) is 34.8 Å². The second-order valence-electron chi connectivity index (χ2n) is 5.67. The summed E-state index contributed by atoms with van der Waals surface area (Å²) in [6.07, 6.45) is 0. The number of hydrogen-bond acceptors (Lipinski definition) is 3. The molecule has 0 saturated carbocycles. The van der Waals surface area contributed by atoms with Crippen molar-refractivity contribution in [3.05, 3.63) is 68.3 Å². The Morgan fingerprint density at radius 2 is 1.64 bits per heavy atom. The summed E-state index contributed by atoms with van der Waals surface area (Å²) >= 11 is 18.2. The second kappa shape index (κ2) is 6.71. The molecule has 1 aliphatic rings. The van der Waals surface area contributed by atoms with Crippen molar-refractivity contribution < 1.29 is 9.59 Å². The highest BCUT2D eigenvalue weighted by molar-refractivity contribution is 6.54. The van der Waals surface area contributed by atoms with Crippen molar-refractivity contribution >= 4 is 58.0 Å². The highest BCUT2D eigenvalue weighted by Crippen LogP contribution is 2.36. The summed E-state index contributed by atoms with van der Waals surface area (Å²) in [5, 5.41) is 3.35. The minimum atomic E-state index is -0.650. The molecule has 0 aliphatic carbocycles. The molecule has 7 heteroatoms. The van der Waals surface area contributed by atoms with Crippen molar-refractivity contribution in [2.45, 2.75) is 13.8 Å². The van der Waals surface area contributed by atoms with Crippen LogP contribution in [-0.4, -0.2) is 11.8 Å². The fourth-order valence-electron chi connectivity index (χ4n) is 2.58. The summed E-state index contributed by atoms with van der Waals surface area (Å²) in [5.74, 6) is -1.23. The number of imide groups is 1. The van der Waals surface area contributed by atoms with Gasteiger partial charge in [0.1, 0.15) is 10.7 Å². The van der Waals surface area contributed by atoms with Gasteiger partial charge in [0.15, 0.2) is 0 Å².